The minimum atomic E-state index is -0.662. The van der Waals surface area contributed by atoms with Crippen LogP contribution in [0.25, 0.3) is 0 Å². The molecule has 0 aliphatic carbocycles. The summed E-state index contributed by atoms with van der Waals surface area (Å²) in [6.07, 6.45) is 88.2. The lowest BCUT2D eigenvalue weighted by atomic mass is 10.0. The van der Waals surface area contributed by atoms with Crippen LogP contribution in [0.2, 0.25) is 0 Å². The maximum absolute atomic E-state index is 12.5. The van der Waals surface area contributed by atoms with Crippen LogP contribution < -0.4 is 5.32 Å². The lowest BCUT2D eigenvalue weighted by Crippen LogP contribution is -2.45. The lowest BCUT2D eigenvalue weighted by Gasteiger charge is -2.22. The zero-order chi connectivity index (χ0) is 57.8. The normalized spacial score (nSPS) is 12.6. The number of hydrogen-bond donors (Lipinski definition) is 3. The van der Waals surface area contributed by atoms with Crippen LogP contribution in [0.1, 0.15) is 412 Å². The van der Waals surface area contributed by atoms with E-state index in [-0.39, 0.29) is 18.5 Å². The van der Waals surface area contributed by atoms with Gasteiger partial charge in [0.2, 0.25) is 5.91 Å². The number of nitrogens with one attached hydrogen (secondary N) is 1. The van der Waals surface area contributed by atoms with Gasteiger partial charge in [-0.25, -0.2) is 0 Å². The largest absolute Gasteiger partial charge is 0.466 e. The van der Waals surface area contributed by atoms with E-state index in [0.29, 0.717) is 25.9 Å². The molecule has 0 fully saturated rings. The molecule has 0 aliphatic rings. The topological polar surface area (TPSA) is 95.9 Å². The number of hydrogen-bond acceptors (Lipinski definition) is 5. The fourth-order valence-electron chi connectivity index (χ4n) is 11.6. The molecular weight excluding hydrogens is 983 g/mol. The van der Waals surface area contributed by atoms with Crippen molar-refractivity contribution in [2.24, 2.45) is 0 Å². The first-order valence-corrected chi connectivity index (χ1v) is 36.6. The highest BCUT2D eigenvalue weighted by Crippen LogP contribution is 2.19. The average molecular weight is 1130 g/mol. The number of rotatable bonds is 69. The monoisotopic (exact) mass is 1130 g/mol. The molecule has 0 aromatic rings. The highest BCUT2D eigenvalue weighted by atomic mass is 16.5. The Bertz CT molecular complexity index is 1250. The Morgan fingerprint density at radius 2 is 0.588 bits per heavy atom. The van der Waals surface area contributed by atoms with E-state index >= 15 is 0 Å². The van der Waals surface area contributed by atoms with Crippen molar-refractivity contribution in [2.75, 3.05) is 13.2 Å². The number of amides is 1. The maximum atomic E-state index is 12.5. The third kappa shape index (κ3) is 65.5. The summed E-state index contributed by atoms with van der Waals surface area (Å²) < 4.78 is 5.48. The van der Waals surface area contributed by atoms with Crippen molar-refractivity contribution in [1.82, 2.24) is 5.32 Å². The molecule has 474 valence electrons. The molecule has 0 saturated heterocycles. The van der Waals surface area contributed by atoms with Crippen molar-refractivity contribution in [3.8, 4) is 0 Å². The van der Waals surface area contributed by atoms with E-state index in [1.165, 1.54) is 334 Å². The summed E-state index contributed by atoms with van der Waals surface area (Å²) in [6, 6.07) is -0.539. The van der Waals surface area contributed by atoms with Gasteiger partial charge in [0.25, 0.3) is 0 Å². The van der Waals surface area contributed by atoms with E-state index in [9.17, 15) is 19.8 Å². The van der Waals surface area contributed by atoms with Crippen LogP contribution in [0.4, 0.5) is 0 Å². The molecule has 0 spiro atoms. The Morgan fingerprint density at radius 1 is 0.338 bits per heavy atom. The molecule has 0 heterocycles. The number of allylic oxidation sites excluding steroid dienone is 4. The molecule has 1 amide bonds. The lowest BCUT2D eigenvalue weighted by molar-refractivity contribution is -0.143. The Kier molecular flexibility index (Phi) is 68.4. The van der Waals surface area contributed by atoms with Gasteiger partial charge < -0.3 is 20.3 Å². The second-order valence-corrected chi connectivity index (χ2v) is 25.3. The zero-order valence-electron chi connectivity index (χ0n) is 54.3. The van der Waals surface area contributed by atoms with Crippen molar-refractivity contribution in [1.29, 1.82) is 0 Å². The van der Waals surface area contributed by atoms with Crippen LogP contribution in [0, 0.1) is 0 Å². The van der Waals surface area contributed by atoms with Crippen LogP contribution in [0.15, 0.2) is 24.3 Å². The fourth-order valence-corrected chi connectivity index (χ4v) is 11.6. The molecule has 0 radical (unpaired) electrons. The van der Waals surface area contributed by atoms with E-state index in [4.69, 9.17) is 4.74 Å². The standard InChI is InChI=1S/C74H143NO5/c1-3-5-7-9-11-13-15-17-18-36-39-43-46-50-54-58-62-66-72(77)71(70-76)75-73(78)67-63-59-55-51-47-44-40-37-34-32-30-28-26-24-22-20-19-21-23-25-27-29-31-33-35-38-41-45-49-53-57-61-65-69-80-74(79)68-64-60-56-52-48-42-16-14-12-10-8-6-4-2/h14,16,23,25,71-72,76-77H,3-13,15,17-22,24,26-70H2,1-2H3,(H,75,78)/b16-14-,25-23-. The predicted molar refractivity (Wildman–Crippen MR) is 352 cm³/mol. The van der Waals surface area contributed by atoms with Gasteiger partial charge in [-0.05, 0) is 77.0 Å². The van der Waals surface area contributed by atoms with Gasteiger partial charge >= 0.3 is 5.97 Å². The van der Waals surface area contributed by atoms with Gasteiger partial charge in [-0.3, -0.25) is 9.59 Å². The predicted octanol–water partition coefficient (Wildman–Crippen LogP) is 23.7. The van der Waals surface area contributed by atoms with Gasteiger partial charge in [-0.2, -0.15) is 0 Å². The second kappa shape index (κ2) is 69.8. The zero-order valence-corrected chi connectivity index (χ0v) is 54.3. The summed E-state index contributed by atoms with van der Waals surface area (Å²) in [6.45, 7) is 4.97. The molecule has 3 N–H and O–H groups in total. The SMILES string of the molecule is CCCCCC/C=C\CCCCCCCC(=O)OCCCCCCCCCCCCCC/C=C\CCCCCCCCCCCCCCCCCCCC(=O)NC(CO)C(O)CCCCCCCCCCCCCCCCCCC. The van der Waals surface area contributed by atoms with Gasteiger partial charge in [0, 0.05) is 12.8 Å². The van der Waals surface area contributed by atoms with Gasteiger partial charge in [0.1, 0.15) is 0 Å². The van der Waals surface area contributed by atoms with Gasteiger partial charge in [0.15, 0.2) is 0 Å². The Balaban J connectivity index is 3.35. The molecule has 6 nitrogen and oxygen atoms in total. The summed E-state index contributed by atoms with van der Waals surface area (Å²) in [5.41, 5.74) is 0. The van der Waals surface area contributed by atoms with E-state index in [1.807, 2.05) is 0 Å². The smallest absolute Gasteiger partial charge is 0.305 e. The van der Waals surface area contributed by atoms with Crippen LogP contribution in [-0.4, -0.2) is 47.4 Å². The van der Waals surface area contributed by atoms with Crippen molar-refractivity contribution in [3.05, 3.63) is 24.3 Å². The van der Waals surface area contributed by atoms with E-state index in [2.05, 4.69) is 43.5 Å². The van der Waals surface area contributed by atoms with Crippen LogP contribution in [0.3, 0.4) is 0 Å². The minimum absolute atomic E-state index is 0.0100. The minimum Gasteiger partial charge on any atom is -0.466 e. The molecule has 0 aromatic carbocycles. The number of aliphatic hydroxyl groups is 2. The van der Waals surface area contributed by atoms with Crippen LogP contribution in [-0.2, 0) is 14.3 Å². The third-order valence-corrected chi connectivity index (χ3v) is 17.2. The van der Waals surface area contributed by atoms with E-state index in [1.54, 1.807) is 0 Å². The van der Waals surface area contributed by atoms with E-state index in [0.717, 1.165) is 44.9 Å². The van der Waals surface area contributed by atoms with Gasteiger partial charge in [-0.15, -0.1) is 0 Å². The fraction of sp³-hybridized carbons (Fsp3) is 0.919. The summed E-state index contributed by atoms with van der Waals surface area (Å²) in [4.78, 5) is 24.6. The molecule has 2 unspecified atom stereocenters. The molecule has 6 heteroatoms. The molecule has 0 aromatic heterocycles. The molecule has 0 rings (SSSR count). The average Bonchev–Trinajstić information content (AvgIpc) is 3.46. The summed E-state index contributed by atoms with van der Waals surface area (Å²) in [5.74, 6) is -0.0180. The summed E-state index contributed by atoms with van der Waals surface area (Å²) in [7, 11) is 0. The number of unbranched alkanes of at least 4 members (excludes halogenated alkanes) is 54. The second-order valence-electron chi connectivity index (χ2n) is 25.3. The van der Waals surface area contributed by atoms with E-state index < -0.39 is 12.1 Å². The Morgan fingerprint density at radius 3 is 0.900 bits per heavy atom. The summed E-state index contributed by atoms with van der Waals surface area (Å²) in [5, 5.41) is 23.4. The highest BCUT2D eigenvalue weighted by Gasteiger charge is 2.20. The Labute approximate surface area is 501 Å². The quantitative estimate of drug-likeness (QED) is 0.0320. The number of carbonyl (C=O) groups excluding carboxylic acids is 2. The van der Waals surface area contributed by atoms with Gasteiger partial charge in [-0.1, -0.05) is 346 Å². The molecule has 2 atom stereocenters. The molecular formula is C74H143NO5. The molecule has 0 saturated carbocycles. The van der Waals surface area contributed by atoms with Crippen LogP contribution in [0.5, 0.6) is 0 Å². The van der Waals surface area contributed by atoms with Crippen molar-refractivity contribution < 1.29 is 24.5 Å². The third-order valence-electron chi connectivity index (χ3n) is 17.2. The highest BCUT2D eigenvalue weighted by molar-refractivity contribution is 5.76. The first-order valence-electron chi connectivity index (χ1n) is 36.6. The molecule has 0 aliphatic heterocycles. The van der Waals surface area contributed by atoms with Crippen molar-refractivity contribution >= 4 is 11.9 Å². The Hall–Kier alpha value is -1.66. The number of esters is 1. The first-order chi connectivity index (χ1) is 39.5. The number of ether oxygens (including phenoxy) is 1. The maximum Gasteiger partial charge on any atom is 0.305 e. The van der Waals surface area contributed by atoms with Crippen molar-refractivity contribution in [3.63, 3.8) is 0 Å². The number of aliphatic hydroxyl groups excluding tert-OH is 2. The first kappa shape index (κ1) is 78.3. The summed E-state index contributed by atoms with van der Waals surface area (Å²) >= 11 is 0. The molecule has 80 heavy (non-hydrogen) atoms. The van der Waals surface area contributed by atoms with Crippen molar-refractivity contribution in [2.45, 2.75) is 424 Å². The molecule has 0 bridgehead atoms. The van der Waals surface area contributed by atoms with Gasteiger partial charge in [0.05, 0.1) is 25.4 Å². The number of carbonyl (C=O) groups is 2. The van der Waals surface area contributed by atoms with Crippen LogP contribution >= 0.6 is 0 Å².